The molecule has 140 valence electrons. The topological polar surface area (TPSA) is 97.5 Å². The fourth-order valence-corrected chi connectivity index (χ4v) is 2.16. The number of aliphatic hydroxyl groups excluding tert-OH is 1. The molecule has 26 heavy (non-hydrogen) atoms. The number of oxazole rings is 1. The molecule has 0 saturated heterocycles. The molecule has 0 radical (unpaired) electrons. The van der Waals surface area contributed by atoms with Crippen molar-refractivity contribution in [3.8, 4) is 17.3 Å². The fourth-order valence-electron chi connectivity index (χ4n) is 2.16. The standard InChI is InChI=1S/C18H22FN3O4/c1-5-13(24)6-16-11(3)22-18(26-16)17-15(19)7-14(8-20-17)25-9-10(2)21-12(4)23/h6-8,10,24H,5,9H2,1-4H3,(H,21,23)/b13-6+/t10-/m0/s1. The summed E-state index contributed by atoms with van der Waals surface area (Å²) in [5, 5.41) is 12.3. The summed E-state index contributed by atoms with van der Waals surface area (Å²) in [5.74, 6) is -0.0692. The number of nitrogens with zero attached hydrogens (tertiary/aromatic N) is 2. The molecule has 8 heteroatoms. The third-order valence-corrected chi connectivity index (χ3v) is 3.46. The van der Waals surface area contributed by atoms with Gasteiger partial charge in [-0.1, -0.05) is 6.92 Å². The second-order valence-corrected chi connectivity index (χ2v) is 5.87. The zero-order valence-corrected chi connectivity index (χ0v) is 15.2. The van der Waals surface area contributed by atoms with Crippen molar-refractivity contribution in [1.82, 2.24) is 15.3 Å². The maximum absolute atomic E-state index is 14.4. The molecule has 0 spiro atoms. The maximum atomic E-state index is 14.4. The third kappa shape index (κ3) is 5.05. The predicted molar refractivity (Wildman–Crippen MR) is 94.1 cm³/mol. The van der Waals surface area contributed by atoms with E-state index in [0.717, 1.165) is 0 Å². The first kappa shape index (κ1) is 19.4. The Morgan fingerprint density at radius 1 is 1.54 bits per heavy atom. The number of hydrogen-bond donors (Lipinski definition) is 2. The molecule has 2 rings (SSSR count). The van der Waals surface area contributed by atoms with Crippen LogP contribution in [-0.4, -0.2) is 33.6 Å². The average molecular weight is 363 g/mol. The van der Waals surface area contributed by atoms with E-state index < -0.39 is 5.82 Å². The number of aliphatic hydroxyl groups is 1. The molecule has 0 unspecified atom stereocenters. The highest BCUT2D eigenvalue weighted by molar-refractivity contribution is 5.73. The highest BCUT2D eigenvalue weighted by atomic mass is 19.1. The number of aromatic nitrogens is 2. The van der Waals surface area contributed by atoms with Gasteiger partial charge in [0.1, 0.15) is 12.4 Å². The minimum absolute atomic E-state index is 0.0216. The zero-order chi connectivity index (χ0) is 19.3. The highest BCUT2D eigenvalue weighted by Crippen LogP contribution is 2.26. The Kier molecular flexibility index (Phi) is 6.32. The van der Waals surface area contributed by atoms with Crippen LogP contribution in [0.25, 0.3) is 17.7 Å². The van der Waals surface area contributed by atoms with Crippen LogP contribution in [0.15, 0.2) is 22.4 Å². The fraction of sp³-hybridized carbons (Fsp3) is 0.389. The SMILES string of the molecule is CC/C(O)=C\c1oc(-c2ncc(OC[C@H](C)NC(C)=O)cc2F)nc1C. The Balaban J connectivity index is 2.15. The van der Waals surface area contributed by atoms with Crippen molar-refractivity contribution in [1.29, 1.82) is 0 Å². The molecule has 0 saturated carbocycles. The summed E-state index contributed by atoms with van der Waals surface area (Å²) in [6.07, 6.45) is 3.26. The van der Waals surface area contributed by atoms with Crippen molar-refractivity contribution in [3.63, 3.8) is 0 Å². The molecule has 0 aliphatic carbocycles. The first-order valence-electron chi connectivity index (χ1n) is 8.23. The van der Waals surface area contributed by atoms with Crippen LogP contribution < -0.4 is 10.1 Å². The van der Waals surface area contributed by atoms with E-state index in [1.807, 2.05) is 0 Å². The maximum Gasteiger partial charge on any atom is 0.248 e. The van der Waals surface area contributed by atoms with Gasteiger partial charge in [-0.3, -0.25) is 4.79 Å². The molecular weight excluding hydrogens is 341 g/mol. The van der Waals surface area contributed by atoms with Crippen LogP contribution in [0.2, 0.25) is 0 Å². The lowest BCUT2D eigenvalue weighted by Gasteiger charge is -2.13. The van der Waals surface area contributed by atoms with Gasteiger partial charge < -0.3 is 19.6 Å². The first-order chi connectivity index (χ1) is 12.3. The Morgan fingerprint density at radius 2 is 2.27 bits per heavy atom. The van der Waals surface area contributed by atoms with Crippen molar-refractivity contribution >= 4 is 12.0 Å². The van der Waals surface area contributed by atoms with Crippen molar-refractivity contribution < 1.29 is 23.4 Å². The lowest BCUT2D eigenvalue weighted by molar-refractivity contribution is -0.119. The lowest BCUT2D eigenvalue weighted by atomic mass is 10.3. The summed E-state index contributed by atoms with van der Waals surface area (Å²) in [7, 11) is 0. The van der Waals surface area contributed by atoms with Crippen LogP contribution >= 0.6 is 0 Å². The van der Waals surface area contributed by atoms with Gasteiger partial charge in [0, 0.05) is 25.5 Å². The molecule has 7 nitrogen and oxygen atoms in total. The van der Waals surface area contributed by atoms with Gasteiger partial charge in [-0.05, 0) is 13.8 Å². The molecule has 0 aliphatic heterocycles. The number of halogens is 1. The van der Waals surface area contributed by atoms with E-state index in [-0.39, 0.29) is 41.6 Å². The van der Waals surface area contributed by atoms with Gasteiger partial charge >= 0.3 is 0 Å². The minimum atomic E-state index is -0.647. The second-order valence-electron chi connectivity index (χ2n) is 5.87. The van der Waals surface area contributed by atoms with Crippen LogP contribution in [0.1, 0.15) is 38.6 Å². The summed E-state index contributed by atoms with van der Waals surface area (Å²) in [6, 6.07) is 0.965. The van der Waals surface area contributed by atoms with Crippen LogP contribution in [-0.2, 0) is 4.79 Å². The van der Waals surface area contributed by atoms with E-state index in [2.05, 4.69) is 15.3 Å². The number of amides is 1. The summed E-state index contributed by atoms with van der Waals surface area (Å²) < 4.78 is 25.3. The smallest absolute Gasteiger partial charge is 0.248 e. The molecule has 0 aliphatic rings. The monoisotopic (exact) mass is 363 g/mol. The first-order valence-corrected chi connectivity index (χ1v) is 8.23. The Hall–Kier alpha value is -2.90. The van der Waals surface area contributed by atoms with E-state index >= 15 is 0 Å². The van der Waals surface area contributed by atoms with Gasteiger partial charge in [0.15, 0.2) is 17.3 Å². The Bertz CT molecular complexity index is 817. The van der Waals surface area contributed by atoms with Gasteiger partial charge in [0.2, 0.25) is 11.8 Å². The number of nitrogens with one attached hydrogen (secondary N) is 1. The normalized spacial score (nSPS) is 12.7. The number of rotatable bonds is 7. The van der Waals surface area contributed by atoms with E-state index in [9.17, 15) is 14.3 Å². The van der Waals surface area contributed by atoms with Gasteiger partial charge in [0.25, 0.3) is 0 Å². The molecule has 0 aromatic carbocycles. The highest BCUT2D eigenvalue weighted by Gasteiger charge is 2.17. The Labute approximate surface area is 150 Å². The molecule has 2 N–H and O–H groups in total. The number of pyridine rings is 1. The summed E-state index contributed by atoms with van der Waals surface area (Å²) in [4.78, 5) is 19.1. The van der Waals surface area contributed by atoms with Gasteiger partial charge in [-0.2, -0.15) is 0 Å². The van der Waals surface area contributed by atoms with E-state index in [1.165, 1.54) is 25.3 Å². The number of allylic oxidation sites excluding steroid dienone is 1. The number of carbonyl (C=O) groups excluding carboxylic acids is 1. The minimum Gasteiger partial charge on any atom is -0.512 e. The Morgan fingerprint density at radius 3 is 2.88 bits per heavy atom. The lowest BCUT2D eigenvalue weighted by Crippen LogP contribution is -2.35. The van der Waals surface area contributed by atoms with Crippen LogP contribution in [0.4, 0.5) is 4.39 Å². The van der Waals surface area contributed by atoms with Crippen LogP contribution in [0.5, 0.6) is 5.75 Å². The van der Waals surface area contributed by atoms with Crippen LogP contribution in [0.3, 0.4) is 0 Å². The molecule has 2 heterocycles. The third-order valence-electron chi connectivity index (χ3n) is 3.46. The second kappa shape index (κ2) is 8.46. The van der Waals surface area contributed by atoms with Gasteiger partial charge in [-0.25, -0.2) is 14.4 Å². The molecule has 1 amide bonds. The van der Waals surface area contributed by atoms with Gasteiger partial charge in [-0.15, -0.1) is 0 Å². The quantitative estimate of drug-likeness (QED) is 0.732. The summed E-state index contributed by atoms with van der Waals surface area (Å²) >= 11 is 0. The number of aryl methyl sites for hydroxylation is 1. The summed E-state index contributed by atoms with van der Waals surface area (Å²) in [6.45, 7) is 6.86. The van der Waals surface area contributed by atoms with Crippen molar-refractivity contribution in [2.75, 3.05) is 6.61 Å². The van der Waals surface area contributed by atoms with Crippen LogP contribution in [0, 0.1) is 12.7 Å². The molecule has 0 bridgehead atoms. The number of ether oxygens (including phenoxy) is 1. The van der Waals surface area contributed by atoms with Crippen molar-refractivity contribution in [3.05, 3.63) is 35.3 Å². The molecule has 0 fully saturated rings. The average Bonchev–Trinajstić information content (AvgIpc) is 2.92. The number of hydrogen-bond acceptors (Lipinski definition) is 6. The molecule has 1 atom stereocenters. The van der Waals surface area contributed by atoms with Crippen molar-refractivity contribution in [2.45, 2.75) is 40.2 Å². The van der Waals surface area contributed by atoms with E-state index in [1.54, 1.807) is 20.8 Å². The van der Waals surface area contributed by atoms with Gasteiger partial charge in [0.05, 0.1) is 23.7 Å². The molecule has 2 aromatic rings. The molecule has 2 aromatic heterocycles. The molecular formula is C18H22FN3O4. The predicted octanol–water partition coefficient (Wildman–Crippen LogP) is 3.40. The number of carbonyl (C=O) groups is 1. The van der Waals surface area contributed by atoms with E-state index in [4.69, 9.17) is 9.15 Å². The summed E-state index contributed by atoms with van der Waals surface area (Å²) in [5.41, 5.74) is 0.469. The van der Waals surface area contributed by atoms with Crippen molar-refractivity contribution in [2.24, 2.45) is 0 Å². The zero-order valence-electron chi connectivity index (χ0n) is 15.2. The van der Waals surface area contributed by atoms with E-state index in [0.29, 0.717) is 17.9 Å². The largest absolute Gasteiger partial charge is 0.512 e.